The van der Waals surface area contributed by atoms with E-state index in [0.717, 1.165) is 5.56 Å². The van der Waals surface area contributed by atoms with Crippen molar-refractivity contribution in [3.63, 3.8) is 0 Å². The van der Waals surface area contributed by atoms with Crippen molar-refractivity contribution in [2.75, 3.05) is 10.6 Å². The molecule has 2 amide bonds. The van der Waals surface area contributed by atoms with Gasteiger partial charge in [-0.3, -0.25) is 19.7 Å². The van der Waals surface area contributed by atoms with Gasteiger partial charge in [0, 0.05) is 35.5 Å². The van der Waals surface area contributed by atoms with E-state index in [4.69, 9.17) is 0 Å². The molecule has 0 aliphatic carbocycles. The van der Waals surface area contributed by atoms with E-state index in [2.05, 4.69) is 10.6 Å². The van der Waals surface area contributed by atoms with Gasteiger partial charge in [-0.15, -0.1) is 0 Å². The van der Waals surface area contributed by atoms with Crippen LogP contribution < -0.4 is 10.6 Å². The first-order valence-corrected chi connectivity index (χ1v) is 9.01. The summed E-state index contributed by atoms with van der Waals surface area (Å²) in [7, 11) is 0. The van der Waals surface area contributed by atoms with E-state index in [0.29, 0.717) is 29.8 Å². The maximum absolute atomic E-state index is 12.2. The Morgan fingerprint density at radius 1 is 0.793 bits per heavy atom. The Bertz CT molecular complexity index is 1000. The van der Waals surface area contributed by atoms with Crippen LogP contribution in [0.2, 0.25) is 0 Å². The fourth-order valence-electron chi connectivity index (χ4n) is 2.70. The fourth-order valence-corrected chi connectivity index (χ4v) is 2.70. The molecule has 0 saturated carbocycles. The number of carbonyl (C=O) groups is 2. The zero-order valence-corrected chi connectivity index (χ0v) is 15.5. The molecule has 0 saturated heterocycles. The van der Waals surface area contributed by atoms with Gasteiger partial charge in [0.2, 0.25) is 5.91 Å². The molecular formula is C22H19N3O4. The van der Waals surface area contributed by atoms with Crippen LogP contribution >= 0.6 is 0 Å². The summed E-state index contributed by atoms with van der Waals surface area (Å²) in [4.78, 5) is 34.5. The van der Waals surface area contributed by atoms with Crippen molar-refractivity contribution in [3.05, 3.63) is 100 Å². The largest absolute Gasteiger partial charge is 0.326 e. The third kappa shape index (κ3) is 5.74. The molecule has 3 aromatic rings. The Balaban J connectivity index is 1.52. The summed E-state index contributed by atoms with van der Waals surface area (Å²) in [5.74, 6) is -0.462. The minimum atomic E-state index is -0.519. The first kappa shape index (κ1) is 19.8. The predicted octanol–water partition coefficient (Wildman–Crippen LogP) is 4.42. The minimum Gasteiger partial charge on any atom is -0.326 e. The number of benzene rings is 3. The van der Waals surface area contributed by atoms with Crippen LogP contribution in [-0.4, -0.2) is 16.7 Å². The summed E-state index contributed by atoms with van der Waals surface area (Å²) in [6.45, 7) is 0. The number of non-ortho nitro benzene ring substituents is 1. The SMILES string of the molecule is O=C(CCc1ccccc1)Nc1ccc(NC(=O)c2ccc([N+](=O)[O-])cc2)cc1. The Hall–Kier alpha value is -4.00. The molecule has 0 heterocycles. The van der Waals surface area contributed by atoms with Gasteiger partial charge in [0.15, 0.2) is 0 Å². The second-order valence-electron chi connectivity index (χ2n) is 6.37. The molecule has 0 bridgehead atoms. The molecule has 0 aliphatic rings. The lowest BCUT2D eigenvalue weighted by Gasteiger charge is -2.08. The zero-order valence-electron chi connectivity index (χ0n) is 15.5. The molecule has 0 atom stereocenters. The topological polar surface area (TPSA) is 101 Å². The van der Waals surface area contributed by atoms with E-state index in [1.165, 1.54) is 24.3 Å². The number of anilines is 2. The highest BCUT2D eigenvalue weighted by Crippen LogP contribution is 2.17. The number of carbonyl (C=O) groups excluding carboxylic acids is 2. The maximum atomic E-state index is 12.2. The molecule has 29 heavy (non-hydrogen) atoms. The summed E-state index contributed by atoms with van der Waals surface area (Å²) in [5.41, 5.74) is 2.53. The van der Waals surface area contributed by atoms with Crippen LogP contribution in [0, 0.1) is 10.1 Å². The number of nitrogens with one attached hydrogen (secondary N) is 2. The van der Waals surface area contributed by atoms with Gasteiger partial charge in [-0.05, 0) is 48.4 Å². The van der Waals surface area contributed by atoms with Crippen LogP contribution in [0.4, 0.5) is 17.1 Å². The van der Waals surface area contributed by atoms with Gasteiger partial charge >= 0.3 is 0 Å². The highest BCUT2D eigenvalue weighted by Gasteiger charge is 2.10. The normalized spacial score (nSPS) is 10.2. The van der Waals surface area contributed by atoms with E-state index >= 15 is 0 Å². The molecule has 0 aromatic heterocycles. The number of aryl methyl sites for hydroxylation is 1. The first-order valence-electron chi connectivity index (χ1n) is 9.01. The first-order chi connectivity index (χ1) is 14.0. The number of amides is 2. The summed E-state index contributed by atoms with van der Waals surface area (Å²) in [6, 6.07) is 21.9. The molecule has 146 valence electrons. The highest BCUT2D eigenvalue weighted by atomic mass is 16.6. The van der Waals surface area contributed by atoms with Gasteiger partial charge < -0.3 is 10.6 Å². The Morgan fingerprint density at radius 3 is 1.97 bits per heavy atom. The lowest BCUT2D eigenvalue weighted by molar-refractivity contribution is -0.384. The lowest BCUT2D eigenvalue weighted by atomic mass is 10.1. The molecule has 2 N–H and O–H groups in total. The molecule has 0 spiro atoms. The molecule has 3 rings (SSSR count). The Kier molecular flexibility index (Phi) is 6.32. The highest BCUT2D eigenvalue weighted by molar-refractivity contribution is 6.04. The van der Waals surface area contributed by atoms with Crippen molar-refractivity contribution in [1.29, 1.82) is 0 Å². The maximum Gasteiger partial charge on any atom is 0.269 e. The van der Waals surface area contributed by atoms with Gasteiger partial charge in [-0.1, -0.05) is 30.3 Å². The second-order valence-corrected chi connectivity index (χ2v) is 6.37. The smallest absolute Gasteiger partial charge is 0.269 e. The molecule has 7 heteroatoms. The summed E-state index contributed by atoms with van der Waals surface area (Å²) >= 11 is 0. The third-order valence-corrected chi connectivity index (χ3v) is 4.25. The quantitative estimate of drug-likeness (QED) is 0.461. The standard InChI is InChI=1S/C22H19N3O4/c26-21(15-6-16-4-2-1-3-5-16)23-18-9-11-19(12-10-18)24-22(27)17-7-13-20(14-8-17)25(28)29/h1-5,7-14H,6,15H2,(H,23,26)(H,24,27). The van der Waals surface area contributed by atoms with Crippen molar-refractivity contribution >= 4 is 28.9 Å². The van der Waals surface area contributed by atoms with Crippen molar-refractivity contribution < 1.29 is 14.5 Å². The van der Waals surface area contributed by atoms with Crippen LogP contribution in [-0.2, 0) is 11.2 Å². The number of rotatable bonds is 7. The van der Waals surface area contributed by atoms with Crippen molar-refractivity contribution in [1.82, 2.24) is 0 Å². The molecule has 3 aromatic carbocycles. The minimum absolute atomic E-state index is 0.0751. The number of nitrogens with zero attached hydrogens (tertiary/aromatic N) is 1. The van der Waals surface area contributed by atoms with Crippen LogP contribution in [0.5, 0.6) is 0 Å². The zero-order chi connectivity index (χ0) is 20.6. The molecule has 0 radical (unpaired) electrons. The van der Waals surface area contributed by atoms with E-state index in [1.54, 1.807) is 24.3 Å². The third-order valence-electron chi connectivity index (χ3n) is 4.25. The number of nitro groups is 1. The van der Waals surface area contributed by atoms with Gasteiger partial charge in [-0.25, -0.2) is 0 Å². The summed E-state index contributed by atoms with van der Waals surface area (Å²) in [5, 5.41) is 16.2. The van der Waals surface area contributed by atoms with Gasteiger partial charge in [0.05, 0.1) is 4.92 Å². The van der Waals surface area contributed by atoms with Crippen LogP contribution in [0.25, 0.3) is 0 Å². The average molecular weight is 389 g/mol. The van der Waals surface area contributed by atoms with Crippen molar-refractivity contribution in [3.8, 4) is 0 Å². The van der Waals surface area contributed by atoms with Crippen molar-refractivity contribution in [2.24, 2.45) is 0 Å². The van der Waals surface area contributed by atoms with Gasteiger partial charge in [-0.2, -0.15) is 0 Å². The van der Waals surface area contributed by atoms with Crippen LogP contribution in [0.1, 0.15) is 22.3 Å². The number of hydrogen-bond donors (Lipinski definition) is 2. The number of hydrogen-bond acceptors (Lipinski definition) is 4. The van der Waals surface area contributed by atoms with Crippen LogP contribution in [0.3, 0.4) is 0 Å². The Morgan fingerprint density at radius 2 is 1.38 bits per heavy atom. The van der Waals surface area contributed by atoms with E-state index in [9.17, 15) is 19.7 Å². The molecule has 0 aliphatic heterocycles. The average Bonchev–Trinajstić information content (AvgIpc) is 2.74. The summed E-state index contributed by atoms with van der Waals surface area (Å²) in [6.07, 6.45) is 1.04. The summed E-state index contributed by atoms with van der Waals surface area (Å²) < 4.78 is 0. The molecular weight excluding hydrogens is 370 g/mol. The number of nitro benzene ring substituents is 1. The predicted molar refractivity (Wildman–Crippen MR) is 111 cm³/mol. The molecule has 0 fully saturated rings. The second kappa shape index (κ2) is 9.27. The van der Waals surface area contributed by atoms with E-state index < -0.39 is 4.92 Å². The van der Waals surface area contributed by atoms with Crippen molar-refractivity contribution in [2.45, 2.75) is 12.8 Å². The monoisotopic (exact) mass is 389 g/mol. The van der Waals surface area contributed by atoms with Crippen LogP contribution in [0.15, 0.2) is 78.9 Å². The molecule has 0 unspecified atom stereocenters. The fraction of sp³-hybridized carbons (Fsp3) is 0.0909. The lowest BCUT2D eigenvalue weighted by Crippen LogP contribution is -2.13. The van der Waals surface area contributed by atoms with E-state index in [-0.39, 0.29) is 17.5 Å². The van der Waals surface area contributed by atoms with Gasteiger partial charge in [0.1, 0.15) is 0 Å². The molecule has 7 nitrogen and oxygen atoms in total. The van der Waals surface area contributed by atoms with Gasteiger partial charge in [0.25, 0.3) is 11.6 Å². The Labute approximate surface area is 167 Å². The van der Waals surface area contributed by atoms with E-state index in [1.807, 2.05) is 30.3 Å².